The van der Waals surface area contributed by atoms with E-state index in [-0.39, 0.29) is 28.7 Å². The Kier molecular flexibility index (Phi) is 4.21. The van der Waals surface area contributed by atoms with Gasteiger partial charge in [-0.15, -0.1) is 16.9 Å². The number of carbonyl (C=O) groups excluding carboxylic acids is 1. The SMILES string of the molecule is Cn1c(SCC2(C(=O)O)CS[C@@H]3C(N)C(=O)N3C2)n[nH]c(=O)c1=O. The van der Waals surface area contributed by atoms with E-state index in [9.17, 15) is 24.3 Å². The first-order chi connectivity index (χ1) is 11.3. The number of nitrogens with one attached hydrogen (secondary N) is 1. The number of carbonyl (C=O) groups is 2. The van der Waals surface area contributed by atoms with Crippen molar-refractivity contribution in [2.24, 2.45) is 18.2 Å². The largest absolute Gasteiger partial charge is 0.481 e. The monoisotopic (exact) mass is 373 g/mol. The average molecular weight is 373 g/mol. The number of nitrogens with two attached hydrogens (primary N) is 1. The molecule has 3 rings (SSSR count). The average Bonchev–Trinajstić information content (AvgIpc) is 2.58. The number of thioether (sulfide) groups is 2. The van der Waals surface area contributed by atoms with Crippen molar-refractivity contribution >= 4 is 35.4 Å². The van der Waals surface area contributed by atoms with Gasteiger partial charge in [-0.1, -0.05) is 11.8 Å². The second-order valence-corrected chi connectivity index (χ2v) is 7.81. The molecule has 1 aromatic rings. The van der Waals surface area contributed by atoms with E-state index in [4.69, 9.17) is 5.73 Å². The van der Waals surface area contributed by atoms with Crippen molar-refractivity contribution in [2.45, 2.75) is 16.6 Å². The Hall–Kier alpha value is -1.79. The van der Waals surface area contributed by atoms with Gasteiger partial charge in [0.15, 0.2) is 5.16 Å². The first kappa shape index (κ1) is 17.0. The molecule has 0 spiro atoms. The number of carboxylic acid groups (broad SMARTS) is 1. The maximum absolute atomic E-state index is 11.8. The number of hydrogen-bond acceptors (Lipinski definition) is 8. The van der Waals surface area contributed by atoms with Crippen molar-refractivity contribution in [3.63, 3.8) is 0 Å². The van der Waals surface area contributed by atoms with Gasteiger partial charge in [0.2, 0.25) is 5.91 Å². The van der Waals surface area contributed by atoms with Crippen LogP contribution in [0.4, 0.5) is 0 Å². The summed E-state index contributed by atoms with van der Waals surface area (Å²) in [7, 11) is 1.39. The van der Waals surface area contributed by atoms with Crippen LogP contribution in [0.5, 0.6) is 0 Å². The van der Waals surface area contributed by atoms with Gasteiger partial charge in [-0.05, 0) is 0 Å². The number of nitrogens with zero attached hydrogens (tertiary/aromatic N) is 3. The maximum atomic E-state index is 11.8. The molecular formula is C12H15N5O5S2. The lowest BCUT2D eigenvalue weighted by atomic mass is 9.89. The molecule has 0 saturated carbocycles. The van der Waals surface area contributed by atoms with Crippen molar-refractivity contribution in [1.29, 1.82) is 0 Å². The molecule has 2 saturated heterocycles. The van der Waals surface area contributed by atoms with Crippen LogP contribution in [-0.2, 0) is 16.6 Å². The van der Waals surface area contributed by atoms with Crippen LogP contribution in [0.15, 0.2) is 14.7 Å². The Morgan fingerprint density at radius 1 is 1.54 bits per heavy atom. The Morgan fingerprint density at radius 3 is 2.92 bits per heavy atom. The predicted octanol–water partition coefficient (Wildman–Crippen LogP) is -2.13. The molecule has 3 atom stereocenters. The standard InChI is InChI=1S/C12H15N5O5S2/c1-16-8(20)6(18)14-15-11(16)24-4-12(10(21)22)2-17-7(19)5(13)9(17)23-3-12/h5,9H,2-4,13H2,1H3,(H,14,18)(H,21,22)/t5?,9-,12?/m1/s1. The highest BCUT2D eigenvalue weighted by Gasteiger charge is 2.55. The second kappa shape index (κ2) is 5.93. The summed E-state index contributed by atoms with van der Waals surface area (Å²) in [5, 5.41) is 15.6. The van der Waals surface area contributed by atoms with E-state index in [0.29, 0.717) is 5.75 Å². The zero-order valence-electron chi connectivity index (χ0n) is 12.6. The first-order valence-corrected chi connectivity index (χ1v) is 9.00. The van der Waals surface area contributed by atoms with Gasteiger partial charge >= 0.3 is 17.1 Å². The van der Waals surface area contributed by atoms with E-state index in [1.54, 1.807) is 0 Å². The molecule has 12 heteroatoms. The molecule has 10 nitrogen and oxygen atoms in total. The maximum Gasteiger partial charge on any atom is 0.330 e. The van der Waals surface area contributed by atoms with Gasteiger partial charge in [-0.3, -0.25) is 23.7 Å². The molecule has 1 aromatic heterocycles. The summed E-state index contributed by atoms with van der Waals surface area (Å²) >= 11 is 2.40. The molecule has 0 radical (unpaired) electrons. The quantitative estimate of drug-likeness (QED) is 0.305. The van der Waals surface area contributed by atoms with Crippen LogP contribution in [0.25, 0.3) is 0 Å². The van der Waals surface area contributed by atoms with E-state index in [1.807, 2.05) is 0 Å². The molecule has 24 heavy (non-hydrogen) atoms. The Bertz CT molecular complexity index is 823. The van der Waals surface area contributed by atoms with E-state index >= 15 is 0 Å². The first-order valence-electron chi connectivity index (χ1n) is 6.96. The number of β-lactam (4-membered cyclic amide) rings is 1. The molecule has 2 aliphatic heterocycles. The minimum atomic E-state index is -1.17. The zero-order valence-corrected chi connectivity index (χ0v) is 14.2. The van der Waals surface area contributed by atoms with Gasteiger partial charge in [-0.2, -0.15) is 0 Å². The molecule has 0 aromatic carbocycles. The second-order valence-electron chi connectivity index (χ2n) is 5.77. The topological polar surface area (TPSA) is 151 Å². The number of aliphatic carboxylic acids is 1. The van der Waals surface area contributed by atoms with Crippen LogP contribution in [0.3, 0.4) is 0 Å². The van der Waals surface area contributed by atoms with E-state index in [2.05, 4.69) is 10.2 Å². The van der Waals surface area contributed by atoms with Crippen molar-refractivity contribution < 1.29 is 14.7 Å². The van der Waals surface area contributed by atoms with Gasteiger partial charge in [-0.25, -0.2) is 5.10 Å². The fraction of sp³-hybridized carbons (Fsp3) is 0.583. The summed E-state index contributed by atoms with van der Waals surface area (Å²) in [6.07, 6.45) is 0. The normalized spacial score (nSPS) is 29.1. The number of hydrogen-bond donors (Lipinski definition) is 3. The van der Waals surface area contributed by atoms with Gasteiger partial charge in [0.1, 0.15) is 16.8 Å². The lowest BCUT2D eigenvalue weighted by Crippen LogP contribution is -2.72. The molecule has 4 N–H and O–H groups in total. The lowest BCUT2D eigenvalue weighted by molar-refractivity contribution is -0.155. The fourth-order valence-corrected chi connectivity index (χ4v) is 5.33. The van der Waals surface area contributed by atoms with Crippen LogP contribution in [-0.4, -0.2) is 66.1 Å². The number of fused-ring (bicyclic) bond motifs is 1. The van der Waals surface area contributed by atoms with Gasteiger partial charge in [0.05, 0.1) is 0 Å². The van der Waals surface area contributed by atoms with E-state index < -0.39 is 28.5 Å². The number of H-pyrrole nitrogens is 1. The van der Waals surface area contributed by atoms with E-state index in [1.165, 1.54) is 23.7 Å². The lowest BCUT2D eigenvalue weighted by Gasteiger charge is -2.52. The zero-order chi connectivity index (χ0) is 17.6. The summed E-state index contributed by atoms with van der Waals surface area (Å²) in [4.78, 5) is 47.9. The minimum absolute atomic E-state index is 0.0663. The summed E-state index contributed by atoms with van der Waals surface area (Å²) in [6, 6.07) is -0.573. The third-order valence-electron chi connectivity index (χ3n) is 4.16. The van der Waals surface area contributed by atoms with Crippen molar-refractivity contribution in [3.8, 4) is 0 Å². The number of amides is 1. The van der Waals surface area contributed by atoms with Crippen LogP contribution < -0.4 is 16.9 Å². The number of rotatable bonds is 4. The highest BCUT2D eigenvalue weighted by molar-refractivity contribution is 8.00. The molecule has 1 amide bonds. The van der Waals surface area contributed by atoms with Crippen LogP contribution in [0, 0.1) is 5.41 Å². The van der Waals surface area contributed by atoms with Crippen LogP contribution >= 0.6 is 23.5 Å². The third kappa shape index (κ3) is 2.54. The fourth-order valence-electron chi connectivity index (χ4n) is 2.60. The van der Waals surface area contributed by atoms with Gasteiger partial charge in [0, 0.05) is 25.1 Å². The van der Waals surface area contributed by atoms with Crippen LogP contribution in [0.2, 0.25) is 0 Å². The van der Waals surface area contributed by atoms with Crippen molar-refractivity contribution in [2.75, 3.05) is 18.1 Å². The van der Waals surface area contributed by atoms with Gasteiger partial charge in [0.25, 0.3) is 0 Å². The molecule has 0 bridgehead atoms. The molecule has 130 valence electrons. The Labute approximate surface area is 143 Å². The Balaban J connectivity index is 1.80. The number of aromatic nitrogens is 3. The summed E-state index contributed by atoms with van der Waals surface area (Å²) in [6.45, 7) is 0.0663. The minimum Gasteiger partial charge on any atom is -0.481 e. The molecule has 2 fully saturated rings. The summed E-state index contributed by atoms with van der Waals surface area (Å²) < 4.78 is 1.07. The van der Waals surface area contributed by atoms with E-state index in [0.717, 1.165) is 16.3 Å². The summed E-state index contributed by atoms with van der Waals surface area (Å²) in [5.74, 6) is -0.872. The molecule has 3 heterocycles. The Morgan fingerprint density at radius 2 is 2.25 bits per heavy atom. The predicted molar refractivity (Wildman–Crippen MR) is 86.8 cm³/mol. The smallest absolute Gasteiger partial charge is 0.330 e. The molecule has 2 unspecified atom stereocenters. The van der Waals surface area contributed by atoms with Crippen molar-refractivity contribution in [3.05, 3.63) is 20.7 Å². The van der Waals surface area contributed by atoms with Crippen LogP contribution in [0.1, 0.15) is 0 Å². The molecule has 2 aliphatic rings. The molecule has 0 aliphatic carbocycles. The highest BCUT2D eigenvalue weighted by Crippen LogP contribution is 2.43. The highest BCUT2D eigenvalue weighted by atomic mass is 32.2. The number of carboxylic acids is 1. The number of aromatic amines is 1. The molecular weight excluding hydrogens is 358 g/mol. The van der Waals surface area contributed by atoms with Gasteiger partial charge < -0.3 is 15.7 Å². The third-order valence-corrected chi connectivity index (χ3v) is 7.08. The summed E-state index contributed by atoms with van der Waals surface area (Å²) in [5.41, 5.74) is 2.93. The van der Waals surface area contributed by atoms with Crippen molar-refractivity contribution in [1.82, 2.24) is 19.7 Å².